The lowest BCUT2D eigenvalue weighted by molar-refractivity contribution is 1.14. The molecule has 0 saturated carbocycles. The minimum Gasteiger partial charge on any atom is -0.341 e. The van der Waals surface area contributed by atoms with E-state index in [1.807, 2.05) is 18.2 Å². The van der Waals surface area contributed by atoms with Crippen molar-refractivity contribution in [1.82, 2.24) is 9.97 Å². The Labute approximate surface area is 118 Å². The van der Waals surface area contributed by atoms with Gasteiger partial charge in [-0.1, -0.05) is 34.1 Å². The number of thioether (sulfide) groups is 1. The fourth-order valence-electron chi connectivity index (χ4n) is 1.77. The minimum absolute atomic E-state index is 0.857. The Balaban J connectivity index is 1.79. The van der Waals surface area contributed by atoms with Gasteiger partial charge in [-0.3, -0.25) is 0 Å². The van der Waals surface area contributed by atoms with Crippen LogP contribution in [0.4, 0.5) is 0 Å². The number of fused-ring (bicyclic) bond motifs is 1. The summed E-state index contributed by atoms with van der Waals surface area (Å²) >= 11 is 5.25. The number of benzene rings is 2. The second-order valence-electron chi connectivity index (χ2n) is 3.95. The molecule has 0 aliphatic carbocycles. The first kappa shape index (κ1) is 11.8. The van der Waals surface area contributed by atoms with E-state index < -0.39 is 0 Å². The van der Waals surface area contributed by atoms with Crippen LogP contribution >= 0.6 is 27.7 Å². The lowest BCUT2D eigenvalue weighted by Crippen LogP contribution is -1.82. The van der Waals surface area contributed by atoms with E-state index >= 15 is 0 Å². The number of halogens is 1. The van der Waals surface area contributed by atoms with Gasteiger partial charge in [-0.25, -0.2) is 4.98 Å². The number of hydrogen-bond donors (Lipinski definition) is 1. The molecule has 0 bridgehead atoms. The molecule has 1 N–H and O–H groups in total. The van der Waals surface area contributed by atoms with Gasteiger partial charge in [0.05, 0.1) is 16.8 Å². The Morgan fingerprint density at radius 3 is 2.78 bits per heavy atom. The van der Waals surface area contributed by atoms with Crippen molar-refractivity contribution in [1.29, 1.82) is 0 Å². The molecule has 1 aromatic heterocycles. The summed E-state index contributed by atoms with van der Waals surface area (Å²) in [5, 5.41) is 0. The molecule has 0 saturated heterocycles. The van der Waals surface area contributed by atoms with Gasteiger partial charge >= 0.3 is 0 Å². The van der Waals surface area contributed by atoms with Crippen molar-refractivity contribution in [2.24, 2.45) is 0 Å². The zero-order valence-electron chi connectivity index (χ0n) is 9.56. The molecule has 0 aliphatic rings. The van der Waals surface area contributed by atoms with Crippen molar-refractivity contribution in [3.8, 4) is 0 Å². The summed E-state index contributed by atoms with van der Waals surface area (Å²) in [5.41, 5.74) is 2.09. The average Bonchev–Trinajstić information content (AvgIpc) is 2.79. The molecule has 4 heteroatoms. The fourth-order valence-corrected chi connectivity index (χ4v) is 2.92. The highest BCUT2D eigenvalue weighted by Crippen LogP contribution is 2.23. The Hall–Kier alpha value is -1.26. The van der Waals surface area contributed by atoms with Crippen LogP contribution in [0.1, 0.15) is 5.82 Å². The maximum Gasteiger partial charge on any atom is 0.117 e. The molecule has 3 aromatic rings. The third-order valence-corrected chi connectivity index (χ3v) is 4.13. The van der Waals surface area contributed by atoms with Crippen molar-refractivity contribution in [3.63, 3.8) is 0 Å². The summed E-state index contributed by atoms with van der Waals surface area (Å²) in [4.78, 5) is 9.18. The Kier molecular flexibility index (Phi) is 3.39. The molecule has 0 unspecified atom stereocenters. The van der Waals surface area contributed by atoms with E-state index in [4.69, 9.17) is 0 Å². The van der Waals surface area contributed by atoms with Crippen molar-refractivity contribution >= 4 is 38.7 Å². The predicted molar refractivity (Wildman–Crippen MR) is 79.8 cm³/mol. The molecule has 1 heterocycles. The molecule has 3 rings (SSSR count). The largest absolute Gasteiger partial charge is 0.341 e. The van der Waals surface area contributed by atoms with Crippen molar-refractivity contribution in [2.45, 2.75) is 10.6 Å². The smallest absolute Gasteiger partial charge is 0.117 e. The predicted octanol–water partition coefficient (Wildman–Crippen LogP) is 4.62. The van der Waals surface area contributed by atoms with E-state index in [9.17, 15) is 0 Å². The quantitative estimate of drug-likeness (QED) is 0.714. The van der Waals surface area contributed by atoms with Gasteiger partial charge in [0.15, 0.2) is 0 Å². The molecule has 0 amide bonds. The maximum atomic E-state index is 4.57. The van der Waals surface area contributed by atoms with Gasteiger partial charge in [-0.15, -0.1) is 11.8 Å². The van der Waals surface area contributed by atoms with Gasteiger partial charge in [0.2, 0.25) is 0 Å². The van der Waals surface area contributed by atoms with Gasteiger partial charge in [0, 0.05) is 9.37 Å². The first-order valence-corrected chi connectivity index (χ1v) is 7.41. The zero-order valence-corrected chi connectivity index (χ0v) is 12.0. The molecule has 0 spiro atoms. The Morgan fingerprint density at radius 1 is 1.11 bits per heavy atom. The summed E-state index contributed by atoms with van der Waals surface area (Å²) in [5.74, 6) is 1.87. The number of rotatable bonds is 3. The van der Waals surface area contributed by atoms with Gasteiger partial charge in [0.25, 0.3) is 0 Å². The van der Waals surface area contributed by atoms with Crippen LogP contribution in [0.15, 0.2) is 57.9 Å². The average molecular weight is 319 g/mol. The van der Waals surface area contributed by atoms with Crippen LogP contribution < -0.4 is 0 Å². The normalized spacial score (nSPS) is 10.9. The molecule has 0 aliphatic heterocycles. The SMILES string of the molecule is Brc1ccc2nc(CSc3ccccc3)[nH]c2c1. The number of nitrogens with one attached hydrogen (secondary N) is 1. The van der Waals surface area contributed by atoms with Crippen molar-refractivity contribution in [2.75, 3.05) is 0 Å². The standard InChI is InChI=1S/C14H11BrN2S/c15-10-6-7-12-13(8-10)17-14(16-12)9-18-11-4-2-1-3-5-11/h1-8H,9H2,(H,16,17). The summed E-state index contributed by atoms with van der Waals surface area (Å²) in [6, 6.07) is 16.5. The molecule has 2 nitrogen and oxygen atoms in total. The number of hydrogen-bond acceptors (Lipinski definition) is 2. The molecule has 0 atom stereocenters. The second kappa shape index (κ2) is 5.16. The summed E-state index contributed by atoms with van der Waals surface area (Å²) in [7, 11) is 0. The highest BCUT2D eigenvalue weighted by Gasteiger charge is 2.03. The molecular weight excluding hydrogens is 308 g/mol. The van der Waals surface area contributed by atoms with E-state index in [1.54, 1.807) is 11.8 Å². The van der Waals surface area contributed by atoms with E-state index in [0.29, 0.717) is 0 Å². The van der Waals surface area contributed by atoms with Crippen LogP contribution in [0.2, 0.25) is 0 Å². The number of H-pyrrole nitrogens is 1. The van der Waals surface area contributed by atoms with E-state index in [1.165, 1.54) is 4.90 Å². The Morgan fingerprint density at radius 2 is 1.94 bits per heavy atom. The third-order valence-electron chi connectivity index (χ3n) is 2.61. The summed E-state index contributed by atoms with van der Waals surface area (Å²) in [6.45, 7) is 0. The number of aromatic nitrogens is 2. The van der Waals surface area contributed by atoms with Crippen LogP contribution in [-0.2, 0) is 5.75 Å². The van der Waals surface area contributed by atoms with Crippen molar-refractivity contribution < 1.29 is 0 Å². The summed E-state index contributed by atoms with van der Waals surface area (Å²) < 4.78 is 1.07. The number of nitrogens with zero attached hydrogens (tertiary/aromatic N) is 1. The second-order valence-corrected chi connectivity index (χ2v) is 5.91. The molecule has 18 heavy (non-hydrogen) atoms. The first-order chi connectivity index (χ1) is 8.81. The highest BCUT2D eigenvalue weighted by atomic mass is 79.9. The molecular formula is C14H11BrN2S. The van der Waals surface area contributed by atoms with Gasteiger partial charge < -0.3 is 4.98 Å². The van der Waals surface area contributed by atoms with Gasteiger partial charge in [-0.2, -0.15) is 0 Å². The van der Waals surface area contributed by atoms with Crippen LogP contribution in [0.5, 0.6) is 0 Å². The third kappa shape index (κ3) is 2.60. The monoisotopic (exact) mass is 318 g/mol. The molecule has 2 aromatic carbocycles. The highest BCUT2D eigenvalue weighted by molar-refractivity contribution is 9.10. The van der Waals surface area contributed by atoms with Crippen LogP contribution in [-0.4, -0.2) is 9.97 Å². The van der Waals surface area contributed by atoms with Crippen LogP contribution in [0.25, 0.3) is 11.0 Å². The van der Waals surface area contributed by atoms with Gasteiger partial charge in [-0.05, 0) is 30.3 Å². The zero-order chi connectivity index (χ0) is 12.4. The number of imidazole rings is 1. The van der Waals surface area contributed by atoms with Gasteiger partial charge in [0.1, 0.15) is 5.82 Å². The minimum atomic E-state index is 0.857. The molecule has 90 valence electrons. The van der Waals surface area contributed by atoms with Crippen molar-refractivity contribution in [3.05, 3.63) is 58.8 Å². The van der Waals surface area contributed by atoms with E-state index in [-0.39, 0.29) is 0 Å². The summed E-state index contributed by atoms with van der Waals surface area (Å²) in [6.07, 6.45) is 0. The maximum absolute atomic E-state index is 4.57. The van der Waals surface area contributed by atoms with E-state index in [0.717, 1.165) is 27.1 Å². The lowest BCUT2D eigenvalue weighted by Gasteiger charge is -1.97. The van der Waals surface area contributed by atoms with Crippen LogP contribution in [0.3, 0.4) is 0 Å². The topological polar surface area (TPSA) is 28.7 Å². The first-order valence-electron chi connectivity index (χ1n) is 5.63. The Bertz CT molecular complexity index is 664. The lowest BCUT2D eigenvalue weighted by atomic mass is 10.3. The van der Waals surface area contributed by atoms with Crippen LogP contribution in [0, 0.1) is 0 Å². The fraction of sp³-hybridized carbons (Fsp3) is 0.0714. The number of aromatic amines is 1. The molecule has 0 fully saturated rings. The molecule has 0 radical (unpaired) electrons. The van der Waals surface area contributed by atoms with E-state index in [2.05, 4.69) is 56.2 Å².